The molecule has 1 aromatic rings. The number of aryl methyl sites for hydroxylation is 1. The van der Waals surface area contributed by atoms with E-state index in [1.807, 2.05) is 0 Å². The van der Waals surface area contributed by atoms with Gasteiger partial charge in [-0.3, -0.25) is 9.59 Å². The maximum atomic E-state index is 12.6. The molecule has 0 aromatic carbocycles. The van der Waals surface area contributed by atoms with Crippen LogP contribution in [0.25, 0.3) is 0 Å². The lowest BCUT2D eigenvalue weighted by Crippen LogP contribution is -2.34. The molecule has 1 aliphatic rings. The van der Waals surface area contributed by atoms with Gasteiger partial charge in [0.25, 0.3) is 11.5 Å². The van der Waals surface area contributed by atoms with Crippen molar-refractivity contribution in [1.29, 1.82) is 0 Å². The quantitative estimate of drug-likeness (QED) is 0.912. The number of hydrogen-bond acceptors (Lipinski definition) is 2. The molecule has 1 aliphatic carbocycles. The van der Waals surface area contributed by atoms with Gasteiger partial charge in [0.2, 0.25) is 0 Å². The Kier molecular flexibility index (Phi) is 6.07. The molecular formula is C17H23F3N2O2. The third-order valence-corrected chi connectivity index (χ3v) is 4.41. The third-order valence-electron chi connectivity index (χ3n) is 4.41. The molecule has 0 bridgehead atoms. The van der Waals surface area contributed by atoms with E-state index in [1.54, 1.807) is 6.07 Å². The zero-order chi connectivity index (χ0) is 17.7. The largest absolute Gasteiger partial charge is 0.389 e. The number of alkyl halides is 3. The number of pyridine rings is 1. The van der Waals surface area contributed by atoms with Crippen LogP contribution in [-0.2, 0) is 19.4 Å². The highest BCUT2D eigenvalue weighted by Gasteiger charge is 2.27. The normalized spacial score (nSPS) is 15.3. The van der Waals surface area contributed by atoms with Crippen LogP contribution in [0.3, 0.4) is 0 Å². The van der Waals surface area contributed by atoms with Crippen molar-refractivity contribution < 1.29 is 18.0 Å². The second-order valence-corrected chi connectivity index (χ2v) is 6.20. The van der Waals surface area contributed by atoms with Crippen LogP contribution >= 0.6 is 0 Å². The summed E-state index contributed by atoms with van der Waals surface area (Å²) < 4.78 is 38.7. The molecule has 134 valence electrons. The molecule has 24 heavy (non-hydrogen) atoms. The fourth-order valence-corrected chi connectivity index (χ4v) is 3.21. The van der Waals surface area contributed by atoms with E-state index in [0.717, 1.165) is 43.4 Å². The average Bonchev–Trinajstić information content (AvgIpc) is 2.49. The Morgan fingerprint density at radius 1 is 1.21 bits per heavy atom. The first kappa shape index (κ1) is 18.5. The predicted molar refractivity (Wildman–Crippen MR) is 85.3 cm³/mol. The van der Waals surface area contributed by atoms with Gasteiger partial charge in [-0.2, -0.15) is 13.2 Å². The van der Waals surface area contributed by atoms with Crippen LogP contribution in [0.15, 0.2) is 10.9 Å². The van der Waals surface area contributed by atoms with Gasteiger partial charge in [-0.15, -0.1) is 0 Å². The van der Waals surface area contributed by atoms with Crippen molar-refractivity contribution in [2.45, 2.75) is 64.1 Å². The van der Waals surface area contributed by atoms with Gasteiger partial charge in [0.1, 0.15) is 5.56 Å². The summed E-state index contributed by atoms with van der Waals surface area (Å²) >= 11 is 0. The monoisotopic (exact) mass is 344 g/mol. The Bertz CT molecular complexity index is 650. The fraction of sp³-hybridized carbons (Fsp3) is 0.647. The Hall–Kier alpha value is -1.79. The van der Waals surface area contributed by atoms with Crippen LogP contribution < -0.4 is 10.9 Å². The zero-order valence-corrected chi connectivity index (χ0v) is 13.8. The van der Waals surface area contributed by atoms with Crippen molar-refractivity contribution >= 4 is 5.91 Å². The first-order valence-corrected chi connectivity index (χ1v) is 8.38. The molecular weight excluding hydrogens is 321 g/mol. The number of aromatic nitrogens is 1. The first-order valence-electron chi connectivity index (χ1n) is 8.38. The van der Waals surface area contributed by atoms with Gasteiger partial charge < -0.3 is 9.88 Å². The Balaban J connectivity index is 2.41. The van der Waals surface area contributed by atoms with Gasteiger partial charge in [0.15, 0.2) is 0 Å². The van der Waals surface area contributed by atoms with Crippen LogP contribution in [-0.4, -0.2) is 23.7 Å². The lowest BCUT2D eigenvalue weighted by molar-refractivity contribution is -0.135. The standard InChI is InChI=1S/C17H23F3N2O2/c1-21-15(23)13-11-12-7-4-2-3-5-8-14(12)22(16(13)24)10-6-9-17(18,19)20/h11H,2-10H2,1H3,(H,21,23). The van der Waals surface area contributed by atoms with Crippen LogP contribution in [0.2, 0.25) is 0 Å². The highest BCUT2D eigenvalue weighted by molar-refractivity contribution is 5.93. The molecule has 1 heterocycles. The Labute approximate surface area is 139 Å². The summed E-state index contributed by atoms with van der Waals surface area (Å²) in [6.07, 6.45) is 0.0900. The lowest BCUT2D eigenvalue weighted by atomic mass is 9.95. The number of hydrogen-bond donors (Lipinski definition) is 1. The number of rotatable bonds is 4. The van der Waals surface area contributed by atoms with E-state index in [0.29, 0.717) is 6.42 Å². The number of carbonyl (C=O) groups is 1. The average molecular weight is 344 g/mol. The van der Waals surface area contributed by atoms with Crippen LogP contribution in [0.4, 0.5) is 13.2 Å². The van der Waals surface area contributed by atoms with Gasteiger partial charge in [0, 0.05) is 25.7 Å². The van der Waals surface area contributed by atoms with Gasteiger partial charge in [-0.05, 0) is 43.7 Å². The van der Waals surface area contributed by atoms with Crippen LogP contribution in [0.5, 0.6) is 0 Å². The molecule has 2 rings (SSSR count). The molecule has 7 heteroatoms. The first-order chi connectivity index (χ1) is 11.3. The van der Waals surface area contributed by atoms with E-state index in [2.05, 4.69) is 5.32 Å². The molecule has 0 saturated carbocycles. The Morgan fingerprint density at radius 3 is 2.50 bits per heavy atom. The van der Waals surface area contributed by atoms with E-state index >= 15 is 0 Å². The van der Waals surface area contributed by atoms with Crippen molar-refractivity contribution in [3.05, 3.63) is 33.2 Å². The van der Waals surface area contributed by atoms with Crippen LogP contribution in [0.1, 0.15) is 60.1 Å². The smallest absolute Gasteiger partial charge is 0.355 e. The minimum atomic E-state index is -4.24. The molecule has 1 amide bonds. The van der Waals surface area contributed by atoms with Crippen molar-refractivity contribution in [1.82, 2.24) is 9.88 Å². The summed E-state index contributed by atoms with van der Waals surface area (Å²) in [4.78, 5) is 24.6. The summed E-state index contributed by atoms with van der Waals surface area (Å²) in [7, 11) is 1.44. The van der Waals surface area contributed by atoms with Gasteiger partial charge in [0.05, 0.1) is 0 Å². The number of amides is 1. The number of nitrogens with one attached hydrogen (secondary N) is 1. The minimum Gasteiger partial charge on any atom is -0.355 e. The summed E-state index contributed by atoms with van der Waals surface area (Å²) in [6, 6.07) is 1.63. The number of fused-ring (bicyclic) bond motifs is 1. The zero-order valence-electron chi connectivity index (χ0n) is 13.8. The lowest BCUT2D eigenvalue weighted by Gasteiger charge is -2.21. The Morgan fingerprint density at radius 2 is 1.88 bits per heavy atom. The molecule has 0 saturated heterocycles. The molecule has 0 unspecified atom stereocenters. The summed E-state index contributed by atoms with van der Waals surface area (Å²) in [5.74, 6) is -0.491. The third kappa shape index (κ3) is 4.61. The molecule has 4 nitrogen and oxygen atoms in total. The molecule has 1 aromatic heterocycles. The van der Waals surface area contributed by atoms with Gasteiger partial charge in [-0.25, -0.2) is 0 Å². The number of halogens is 3. The topological polar surface area (TPSA) is 51.1 Å². The van der Waals surface area contributed by atoms with E-state index in [9.17, 15) is 22.8 Å². The van der Waals surface area contributed by atoms with E-state index in [4.69, 9.17) is 0 Å². The molecule has 0 fully saturated rings. The second kappa shape index (κ2) is 7.85. The maximum absolute atomic E-state index is 12.6. The predicted octanol–water partition coefficient (Wildman–Crippen LogP) is 3.21. The molecule has 0 radical (unpaired) electrons. The second-order valence-electron chi connectivity index (χ2n) is 6.20. The van der Waals surface area contributed by atoms with E-state index < -0.39 is 24.1 Å². The fourth-order valence-electron chi connectivity index (χ4n) is 3.21. The van der Waals surface area contributed by atoms with Crippen molar-refractivity contribution in [2.24, 2.45) is 0 Å². The molecule has 0 atom stereocenters. The van der Waals surface area contributed by atoms with Gasteiger partial charge >= 0.3 is 6.18 Å². The number of nitrogens with zero attached hydrogens (tertiary/aromatic N) is 1. The van der Waals surface area contributed by atoms with Crippen molar-refractivity contribution in [3.63, 3.8) is 0 Å². The summed E-state index contributed by atoms with van der Waals surface area (Å²) in [6.45, 7) is -0.00842. The highest BCUT2D eigenvalue weighted by atomic mass is 19.4. The highest BCUT2D eigenvalue weighted by Crippen LogP contribution is 2.23. The SMILES string of the molecule is CNC(=O)c1cc2c(n(CCCC(F)(F)F)c1=O)CCCCCC2. The number of carbonyl (C=O) groups excluding carboxylic acids is 1. The van der Waals surface area contributed by atoms with E-state index in [-0.39, 0.29) is 18.5 Å². The molecule has 0 spiro atoms. The molecule has 0 aliphatic heterocycles. The van der Waals surface area contributed by atoms with E-state index in [1.165, 1.54) is 11.6 Å². The minimum absolute atomic E-state index is 0.00842. The summed E-state index contributed by atoms with van der Waals surface area (Å²) in [5, 5.41) is 2.43. The van der Waals surface area contributed by atoms with Crippen molar-refractivity contribution in [2.75, 3.05) is 7.05 Å². The van der Waals surface area contributed by atoms with Gasteiger partial charge in [-0.1, -0.05) is 12.8 Å². The summed E-state index contributed by atoms with van der Waals surface area (Å²) in [5.41, 5.74) is 1.24. The van der Waals surface area contributed by atoms with Crippen LogP contribution in [0, 0.1) is 0 Å². The maximum Gasteiger partial charge on any atom is 0.389 e. The molecule has 1 N–H and O–H groups in total. The van der Waals surface area contributed by atoms with Crippen molar-refractivity contribution in [3.8, 4) is 0 Å².